The van der Waals surface area contributed by atoms with Crippen LogP contribution in [0.25, 0.3) is 21.9 Å². The lowest BCUT2D eigenvalue weighted by molar-refractivity contribution is -0.308. The summed E-state index contributed by atoms with van der Waals surface area (Å²) in [6.45, 7) is 0. The van der Waals surface area contributed by atoms with Crippen molar-refractivity contribution in [2.75, 3.05) is 7.11 Å². The van der Waals surface area contributed by atoms with Crippen molar-refractivity contribution >= 4 is 33.7 Å². The maximum absolute atomic E-state index is 12.6. The summed E-state index contributed by atoms with van der Waals surface area (Å²) in [6.07, 6.45) is 1.59. The van der Waals surface area contributed by atoms with Crippen LogP contribution in [0.1, 0.15) is 11.1 Å². The first-order chi connectivity index (χ1) is 14.9. The van der Waals surface area contributed by atoms with E-state index in [4.69, 9.17) is 9.15 Å². The molecule has 0 bridgehead atoms. The Kier molecular flexibility index (Phi) is 5.44. The highest BCUT2D eigenvalue weighted by Gasteiger charge is 2.18. The number of carbonyl (C=O) groups excluding carboxylic acids is 2. The van der Waals surface area contributed by atoms with E-state index in [-0.39, 0.29) is 18.4 Å². The maximum atomic E-state index is 12.6. The van der Waals surface area contributed by atoms with Crippen LogP contribution in [0.4, 0.5) is 0 Å². The molecule has 0 aliphatic heterocycles. The molecule has 0 aliphatic rings. The summed E-state index contributed by atoms with van der Waals surface area (Å²) in [7, 11) is 1.49. The largest absolute Gasteiger partial charge is 0.548 e. The Morgan fingerprint density at radius 1 is 1.13 bits per heavy atom. The molecule has 8 nitrogen and oxygen atoms in total. The second-order valence-electron chi connectivity index (χ2n) is 7.13. The van der Waals surface area contributed by atoms with E-state index in [9.17, 15) is 19.5 Å². The minimum Gasteiger partial charge on any atom is -0.548 e. The lowest BCUT2D eigenvalue weighted by Gasteiger charge is -2.20. The SMILES string of the molecule is COc1ccc2c(CC(=O)N[C@@H](Cc3c[nH]c4ccccc34)C(=O)[O-])cc(=O)oc2c1. The molecule has 2 N–H and O–H groups in total. The number of carbonyl (C=O) groups is 2. The Balaban J connectivity index is 1.55. The van der Waals surface area contributed by atoms with Crippen LogP contribution in [0.3, 0.4) is 0 Å². The first-order valence-electron chi connectivity index (χ1n) is 9.60. The molecular formula is C23H19N2O6-. The van der Waals surface area contributed by atoms with Gasteiger partial charge in [0, 0.05) is 41.0 Å². The lowest BCUT2D eigenvalue weighted by Crippen LogP contribution is -2.49. The minimum atomic E-state index is -1.39. The second kappa shape index (κ2) is 8.35. The van der Waals surface area contributed by atoms with Crippen molar-refractivity contribution in [2.45, 2.75) is 18.9 Å². The van der Waals surface area contributed by atoms with E-state index in [2.05, 4.69) is 10.3 Å². The molecule has 2 aromatic heterocycles. The molecule has 0 radical (unpaired) electrons. The quantitative estimate of drug-likeness (QED) is 0.435. The van der Waals surface area contributed by atoms with Crippen molar-refractivity contribution in [1.29, 1.82) is 0 Å². The highest BCUT2D eigenvalue weighted by atomic mass is 16.5. The Morgan fingerprint density at radius 3 is 2.71 bits per heavy atom. The maximum Gasteiger partial charge on any atom is 0.336 e. The number of fused-ring (bicyclic) bond motifs is 2. The molecule has 0 unspecified atom stereocenters. The smallest absolute Gasteiger partial charge is 0.336 e. The van der Waals surface area contributed by atoms with Gasteiger partial charge in [0.05, 0.1) is 25.5 Å². The summed E-state index contributed by atoms with van der Waals surface area (Å²) in [5.41, 5.74) is 1.72. The Bertz CT molecular complexity index is 1340. The lowest BCUT2D eigenvalue weighted by atomic mass is 10.0. The van der Waals surface area contributed by atoms with Gasteiger partial charge in [0.15, 0.2) is 0 Å². The van der Waals surface area contributed by atoms with Crippen LogP contribution in [0.5, 0.6) is 5.75 Å². The number of hydrogen-bond donors (Lipinski definition) is 2. The zero-order valence-corrected chi connectivity index (χ0v) is 16.6. The second-order valence-corrected chi connectivity index (χ2v) is 7.13. The van der Waals surface area contributed by atoms with Gasteiger partial charge in [0.2, 0.25) is 5.91 Å². The zero-order valence-electron chi connectivity index (χ0n) is 16.6. The number of carboxylic acid groups (broad SMARTS) is 1. The molecule has 2 heterocycles. The number of carboxylic acids is 1. The number of ether oxygens (including phenoxy) is 1. The van der Waals surface area contributed by atoms with Crippen LogP contribution < -0.4 is 20.8 Å². The molecule has 8 heteroatoms. The van der Waals surface area contributed by atoms with Crippen molar-refractivity contribution < 1.29 is 23.8 Å². The molecule has 1 amide bonds. The molecule has 2 aromatic carbocycles. The number of hydrogen-bond acceptors (Lipinski definition) is 6. The predicted molar refractivity (Wildman–Crippen MR) is 112 cm³/mol. The van der Waals surface area contributed by atoms with E-state index in [1.807, 2.05) is 24.3 Å². The molecule has 0 aliphatic carbocycles. The fraction of sp³-hybridized carbons (Fsp3) is 0.174. The number of H-pyrrole nitrogens is 1. The molecule has 0 fully saturated rings. The summed E-state index contributed by atoms with van der Waals surface area (Å²) >= 11 is 0. The van der Waals surface area contributed by atoms with Crippen LogP contribution in [0.2, 0.25) is 0 Å². The molecule has 4 rings (SSSR count). The molecule has 0 saturated carbocycles. The summed E-state index contributed by atoms with van der Waals surface area (Å²) in [6, 6.07) is 12.4. The third-order valence-electron chi connectivity index (χ3n) is 5.11. The van der Waals surface area contributed by atoms with E-state index in [1.165, 1.54) is 13.2 Å². The highest BCUT2D eigenvalue weighted by molar-refractivity contribution is 5.90. The van der Waals surface area contributed by atoms with E-state index in [1.54, 1.807) is 24.4 Å². The molecule has 0 spiro atoms. The van der Waals surface area contributed by atoms with Crippen molar-refractivity contribution in [1.82, 2.24) is 10.3 Å². The van der Waals surface area contributed by atoms with Crippen molar-refractivity contribution in [2.24, 2.45) is 0 Å². The Labute approximate surface area is 176 Å². The monoisotopic (exact) mass is 419 g/mol. The fourth-order valence-electron chi connectivity index (χ4n) is 3.62. The number of methoxy groups -OCH3 is 1. The van der Waals surface area contributed by atoms with Gasteiger partial charge in [-0.3, -0.25) is 4.79 Å². The third kappa shape index (κ3) is 4.28. The van der Waals surface area contributed by atoms with Crippen LogP contribution >= 0.6 is 0 Å². The van der Waals surface area contributed by atoms with Gasteiger partial charge in [-0.15, -0.1) is 0 Å². The van der Waals surface area contributed by atoms with Crippen molar-refractivity contribution in [3.63, 3.8) is 0 Å². The standard InChI is InChI=1S/C23H20N2O6/c1-30-15-6-7-17-13(10-22(27)31-20(17)11-15)9-21(26)25-19(23(28)29)8-14-12-24-18-5-3-2-4-16(14)18/h2-7,10-12,19,24H,8-9H2,1H3,(H,25,26)(H,28,29)/p-1/t19-/m0/s1. The molecule has 1 atom stereocenters. The number of aromatic nitrogens is 1. The number of benzene rings is 2. The number of aliphatic carboxylic acids is 1. The van der Waals surface area contributed by atoms with Crippen LogP contribution in [-0.2, 0) is 22.4 Å². The first-order valence-corrected chi connectivity index (χ1v) is 9.60. The molecular weight excluding hydrogens is 400 g/mol. The van der Waals surface area contributed by atoms with Gasteiger partial charge in [0.25, 0.3) is 0 Å². The van der Waals surface area contributed by atoms with Crippen LogP contribution in [0, 0.1) is 0 Å². The summed E-state index contributed by atoms with van der Waals surface area (Å²) in [5.74, 6) is -1.43. The van der Waals surface area contributed by atoms with Gasteiger partial charge >= 0.3 is 5.63 Å². The average Bonchev–Trinajstić information content (AvgIpc) is 3.15. The van der Waals surface area contributed by atoms with Gasteiger partial charge in [0.1, 0.15) is 11.3 Å². The fourth-order valence-corrected chi connectivity index (χ4v) is 3.62. The van der Waals surface area contributed by atoms with Crippen molar-refractivity contribution in [3.8, 4) is 5.75 Å². The van der Waals surface area contributed by atoms with Gasteiger partial charge in [-0.2, -0.15) is 0 Å². The number of aromatic amines is 1. The number of para-hydroxylation sites is 1. The third-order valence-corrected chi connectivity index (χ3v) is 5.11. The van der Waals surface area contributed by atoms with E-state index >= 15 is 0 Å². The topological polar surface area (TPSA) is 124 Å². The van der Waals surface area contributed by atoms with Gasteiger partial charge < -0.3 is 29.4 Å². The molecule has 0 saturated heterocycles. The highest BCUT2D eigenvalue weighted by Crippen LogP contribution is 2.23. The summed E-state index contributed by atoms with van der Waals surface area (Å²) in [4.78, 5) is 39.3. The zero-order chi connectivity index (χ0) is 22.0. The molecule has 31 heavy (non-hydrogen) atoms. The number of nitrogens with one attached hydrogen (secondary N) is 2. The number of amides is 1. The van der Waals surface area contributed by atoms with Crippen molar-refractivity contribution in [3.05, 3.63) is 76.3 Å². The van der Waals surface area contributed by atoms with E-state index in [0.717, 1.165) is 16.5 Å². The van der Waals surface area contributed by atoms with Crippen LogP contribution in [0.15, 0.2) is 63.9 Å². The predicted octanol–water partition coefficient (Wildman–Crippen LogP) is 1.30. The average molecular weight is 419 g/mol. The summed E-state index contributed by atoms with van der Waals surface area (Å²) < 4.78 is 10.3. The van der Waals surface area contributed by atoms with E-state index in [0.29, 0.717) is 16.7 Å². The first kappa shape index (κ1) is 20.2. The van der Waals surface area contributed by atoms with Gasteiger partial charge in [-0.1, -0.05) is 18.2 Å². The molecule has 4 aromatic rings. The summed E-state index contributed by atoms with van der Waals surface area (Å²) in [5, 5.41) is 15.6. The Hall–Kier alpha value is -4.07. The van der Waals surface area contributed by atoms with Crippen LogP contribution in [-0.4, -0.2) is 30.0 Å². The normalized spacial score (nSPS) is 12.0. The Morgan fingerprint density at radius 2 is 1.94 bits per heavy atom. The number of rotatable bonds is 7. The van der Waals surface area contributed by atoms with Gasteiger partial charge in [-0.25, -0.2) is 4.79 Å². The molecule has 158 valence electrons. The van der Waals surface area contributed by atoms with Gasteiger partial charge in [-0.05, 0) is 29.3 Å². The minimum absolute atomic E-state index is 0.0625. The van der Waals surface area contributed by atoms with E-state index < -0.39 is 23.5 Å².